The summed E-state index contributed by atoms with van der Waals surface area (Å²) >= 11 is 3.41. The standard InChI is InChI=1S/C15H11BrO3/c1-18-11-3-4-12-13(17)7-9-6-10(16)2-5-14(9)19-15(12)8-11/h2-6,8H,7H2,1H3. The van der Waals surface area contributed by atoms with Crippen molar-refractivity contribution in [1.82, 2.24) is 0 Å². The van der Waals surface area contributed by atoms with Crippen molar-refractivity contribution in [2.24, 2.45) is 0 Å². The number of halogens is 1. The molecule has 2 aromatic carbocycles. The molecule has 3 nitrogen and oxygen atoms in total. The number of hydrogen-bond acceptors (Lipinski definition) is 3. The van der Waals surface area contributed by atoms with Gasteiger partial charge in [0.15, 0.2) is 5.78 Å². The van der Waals surface area contributed by atoms with Gasteiger partial charge in [-0.3, -0.25) is 4.79 Å². The molecule has 0 saturated heterocycles. The van der Waals surface area contributed by atoms with Crippen LogP contribution in [0.1, 0.15) is 15.9 Å². The number of Topliss-reactive ketones (excluding diaryl/α,β-unsaturated/α-hetero) is 1. The Bertz CT molecular complexity index is 664. The minimum Gasteiger partial charge on any atom is -0.497 e. The van der Waals surface area contributed by atoms with Crippen molar-refractivity contribution in [1.29, 1.82) is 0 Å². The second kappa shape index (κ2) is 4.70. The summed E-state index contributed by atoms with van der Waals surface area (Å²) < 4.78 is 11.9. The summed E-state index contributed by atoms with van der Waals surface area (Å²) in [5.41, 5.74) is 1.47. The molecule has 0 unspecified atom stereocenters. The average Bonchev–Trinajstić information content (AvgIpc) is 2.54. The molecular weight excluding hydrogens is 308 g/mol. The molecular formula is C15H11BrO3. The van der Waals surface area contributed by atoms with Crippen LogP contribution in [-0.2, 0) is 6.42 Å². The number of carbonyl (C=O) groups excluding carboxylic acids is 1. The van der Waals surface area contributed by atoms with Crippen LogP contribution in [0.25, 0.3) is 0 Å². The Labute approximate surface area is 119 Å². The first-order chi connectivity index (χ1) is 9.17. The minimum atomic E-state index is 0.0505. The van der Waals surface area contributed by atoms with Gasteiger partial charge in [-0.05, 0) is 30.3 Å². The lowest BCUT2D eigenvalue weighted by atomic mass is 10.0. The Balaban J connectivity index is 2.13. The van der Waals surface area contributed by atoms with Gasteiger partial charge in [-0.25, -0.2) is 0 Å². The highest BCUT2D eigenvalue weighted by molar-refractivity contribution is 9.10. The molecule has 0 spiro atoms. The third kappa shape index (κ3) is 2.24. The normalized spacial score (nSPS) is 13.1. The molecule has 0 N–H and O–H groups in total. The van der Waals surface area contributed by atoms with E-state index in [1.807, 2.05) is 18.2 Å². The number of fused-ring (bicyclic) bond motifs is 2. The molecule has 1 heterocycles. The van der Waals surface area contributed by atoms with Gasteiger partial charge in [-0.1, -0.05) is 15.9 Å². The smallest absolute Gasteiger partial charge is 0.171 e. The zero-order chi connectivity index (χ0) is 13.4. The van der Waals surface area contributed by atoms with Crippen LogP contribution in [0.15, 0.2) is 40.9 Å². The van der Waals surface area contributed by atoms with E-state index in [4.69, 9.17) is 9.47 Å². The summed E-state index contributed by atoms with van der Waals surface area (Å²) in [6, 6.07) is 10.9. The van der Waals surface area contributed by atoms with Gasteiger partial charge in [0.2, 0.25) is 0 Å². The van der Waals surface area contributed by atoms with Gasteiger partial charge in [0.1, 0.15) is 17.2 Å². The zero-order valence-corrected chi connectivity index (χ0v) is 11.9. The fourth-order valence-electron chi connectivity index (χ4n) is 2.12. The molecule has 0 radical (unpaired) electrons. The van der Waals surface area contributed by atoms with Crippen LogP contribution in [0.3, 0.4) is 0 Å². The quantitative estimate of drug-likeness (QED) is 0.797. The first-order valence-corrected chi connectivity index (χ1v) is 6.64. The van der Waals surface area contributed by atoms with E-state index in [1.165, 1.54) is 0 Å². The van der Waals surface area contributed by atoms with E-state index < -0.39 is 0 Å². The molecule has 0 saturated carbocycles. The largest absolute Gasteiger partial charge is 0.497 e. The van der Waals surface area contributed by atoms with Crippen LogP contribution in [0.4, 0.5) is 0 Å². The topological polar surface area (TPSA) is 35.5 Å². The first-order valence-electron chi connectivity index (χ1n) is 5.85. The summed E-state index contributed by atoms with van der Waals surface area (Å²) in [6.07, 6.45) is 0.341. The maximum Gasteiger partial charge on any atom is 0.171 e. The van der Waals surface area contributed by atoms with Crippen LogP contribution in [0.5, 0.6) is 17.2 Å². The fourth-order valence-corrected chi connectivity index (χ4v) is 2.53. The molecule has 0 fully saturated rings. The minimum absolute atomic E-state index is 0.0505. The lowest BCUT2D eigenvalue weighted by molar-refractivity contribution is 0.0993. The summed E-state index contributed by atoms with van der Waals surface area (Å²) in [5.74, 6) is 1.98. The Morgan fingerprint density at radius 2 is 2.00 bits per heavy atom. The Morgan fingerprint density at radius 1 is 1.16 bits per heavy atom. The second-order valence-corrected chi connectivity index (χ2v) is 5.23. The van der Waals surface area contributed by atoms with E-state index >= 15 is 0 Å². The average molecular weight is 319 g/mol. The van der Waals surface area contributed by atoms with E-state index in [-0.39, 0.29) is 5.78 Å². The molecule has 0 bridgehead atoms. The lowest BCUT2D eigenvalue weighted by Crippen LogP contribution is -2.01. The Hall–Kier alpha value is -1.81. The predicted molar refractivity (Wildman–Crippen MR) is 75.2 cm³/mol. The molecule has 2 aromatic rings. The third-order valence-electron chi connectivity index (χ3n) is 3.08. The number of methoxy groups -OCH3 is 1. The van der Waals surface area contributed by atoms with Gasteiger partial charge >= 0.3 is 0 Å². The molecule has 96 valence electrons. The van der Waals surface area contributed by atoms with Crippen molar-refractivity contribution in [2.75, 3.05) is 7.11 Å². The van der Waals surface area contributed by atoms with Gasteiger partial charge in [-0.15, -0.1) is 0 Å². The highest BCUT2D eigenvalue weighted by Gasteiger charge is 2.21. The number of ether oxygens (including phenoxy) is 2. The first kappa shape index (κ1) is 12.2. The third-order valence-corrected chi connectivity index (χ3v) is 3.58. The van der Waals surface area contributed by atoms with Crippen molar-refractivity contribution < 1.29 is 14.3 Å². The van der Waals surface area contributed by atoms with Crippen LogP contribution in [-0.4, -0.2) is 12.9 Å². The molecule has 1 aliphatic rings. The Morgan fingerprint density at radius 3 is 2.79 bits per heavy atom. The molecule has 1 aliphatic heterocycles. The summed E-state index contributed by atoms with van der Waals surface area (Å²) in [4.78, 5) is 12.2. The van der Waals surface area contributed by atoms with Crippen LogP contribution in [0.2, 0.25) is 0 Å². The van der Waals surface area contributed by atoms with Crippen molar-refractivity contribution in [2.45, 2.75) is 6.42 Å². The molecule has 19 heavy (non-hydrogen) atoms. The second-order valence-electron chi connectivity index (χ2n) is 4.32. The number of benzene rings is 2. The van der Waals surface area contributed by atoms with E-state index in [2.05, 4.69) is 15.9 Å². The SMILES string of the molecule is COc1ccc2c(c1)Oc1ccc(Br)cc1CC2=O. The maximum atomic E-state index is 12.2. The maximum absolute atomic E-state index is 12.2. The Kier molecular flexibility index (Phi) is 3.03. The number of ketones is 1. The molecule has 0 amide bonds. The lowest BCUT2D eigenvalue weighted by Gasteiger charge is -2.09. The van der Waals surface area contributed by atoms with E-state index in [0.29, 0.717) is 29.2 Å². The van der Waals surface area contributed by atoms with Crippen molar-refractivity contribution in [3.63, 3.8) is 0 Å². The highest BCUT2D eigenvalue weighted by Crippen LogP contribution is 2.36. The van der Waals surface area contributed by atoms with Crippen LogP contribution < -0.4 is 9.47 Å². The van der Waals surface area contributed by atoms with Gasteiger partial charge in [0.25, 0.3) is 0 Å². The summed E-state index contributed by atoms with van der Waals surface area (Å²) in [6.45, 7) is 0. The van der Waals surface area contributed by atoms with Crippen molar-refractivity contribution >= 4 is 21.7 Å². The van der Waals surface area contributed by atoms with Gasteiger partial charge < -0.3 is 9.47 Å². The molecule has 0 aromatic heterocycles. The number of hydrogen-bond donors (Lipinski definition) is 0. The molecule has 0 atom stereocenters. The fraction of sp³-hybridized carbons (Fsp3) is 0.133. The molecule has 3 rings (SSSR count). The summed E-state index contributed by atoms with van der Waals surface area (Å²) in [5, 5.41) is 0. The van der Waals surface area contributed by atoms with E-state index in [0.717, 1.165) is 10.0 Å². The van der Waals surface area contributed by atoms with Crippen molar-refractivity contribution in [3.8, 4) is 17.2 Å². The monoisotopic (exact) mass is 318 g/mol. The number of rotatable bonds is 1. The number of carbonyl (C=O) groups is 1. The van der Waals surface area contributed by atoms with Gasteiger partial charge in [-0.2, -0.15) is 0 Å². The van der Waals surface area contributed by atoms with Gasteiger partial charge in [0.05, 0.1) is 12.7 Å². The van der Waals surface area contributed by atoms with E-state index in [1.54, 1.807) is 25.3 Å². The molecule has 4 heteroatoms. The van der Waals surface area contributed by atoms with Crippen LogP contribution in [0, 0.1) is 0 Å². The zero-order valence-electron chi connectivity index (χ0n) is 10.3. The van der Waals surface area contributed by atoms with Crippen molar-refractivity contribution in [3.05, 3.63) is 52.0 Å². The van der Waals surface area contributed by atoms with Gasteiger partial charge in [0, 0.05) is 22.5 Å². The summed E-state index contributed by atoms with van der Waals surface area (Å²) in [7, 11) is 1.59. The predicted octanol–water partition coefficient (Wildman–Crippen LogP) is 3.99. The van der Waals surface area contributed by atoms with E-state index in [9.17, 15) is 4.79 Å². The molecule has 0 aliphatic carbocycles. The highest BCUT2D eigenvalue weighted by atomic mass is 79.9. The van der Waals surface area contributed by atoms with Crippen LogP contribution >= 0.6 is 15.9 Å².